The standard InChI is InChI=1S/C15H16N2O2/c1-11-7-14(18)17(15(19)8-11)10-13(9-16)12-5-3-2-4-6-12/h2-6,11,13H,7-8,10H2,1H3. The normalized spacial score (nSPS) is 18.2. The predicted octanol–water partition coefficient (Wildman–Crippen LogP) is 2.08. The minimum Gasteiger partial charge on any atom is -0.281 e. The number of nitrogens with zero attached hydrogens (tertiary/aromatic N) is 2. The molecule has 0 saturated carbocycles. The zero-order valence-electron chi connectivity index (χ0n) is 10.9. The molecule has 4 nitrogen and oxygen atoms in total. The summed E-state index contributed by atoms with van der Waals surface area (Å²) < 4.78 is 0. The number of benzene rings is 1. The largest absolute Gasteiger partial charge is 0.281 e. The average Bonchev–Trinajstić information content (AvgIpc) is 2.39. The van der Waals surface area contributed by atoms with Crippen molar-refractivity contribution in [3.05, 3.63) is 35.9 Å². The van der Waals surface area contributed by atoms with E-state index in [2.05, 4.69) is 6.07 Å². The number of imide groups is 1. The molecule has 1 fully saturated rings. The van der Waals surface area contributed by atoms with Crippen molar-refractivity contribution in [1.82, 2.24) is 4.90 Å². The van der Waals surface area contributed by atoms with E-state index >= 15 is 0 Å². The summed E-state index contributed by atoms with van der Waals surface area (Å²) in [4.78, 5) is 25.0. The lowest BCUT2D eigenvalue weighted by Gasteiger charge is -2.29. The van der Waals surface area contributed by atoms with Crippen LogP contribution in [0.3, 0.4) is 0 Å². The third-order valence-corrected chi connectivity index (χ3v) is 3.37. The second-order valence-electron chi connectivity index (χ2n) is 5.00. The van der Waals surface area contributed by atoms with Crippen molar-refractivity contribution in [1.29, 1.82) is 5.26 Å². The minimum atomic E-state index is -0.456. The predicted molar refractivity (Wildman–Crippen MR) is 69.9 cm³/mol. The van der Waals surface area contributed by atoms with Crippen LogP contribution in [-0.4, -0.2) is 23.3 Å². The van der Waals surface area contributed by atoms with Crippen LogP contribution in [0.25, 0.3) is 0 Å². The number of amides is 2. The van der Waals surface area contributed by atoms with Crippen molar-refractivity contribution in [3.8, 4) is 6.07 Å². The Kier molecular flexibility index (Phi) is 3.96. The molecule has 1 saturated heterocycles. The lowest BCUT2D eigenvalue weighted by molar-refractivity contribution is -0.149. The molecule has 0 bridgehead atoms. The Bertz CT molecular complexity index is 501. The van der Waals surface area contributed by atoms with Gasteiger partial charge in [-0.05, 0) is 11.5 Å². The van der Waals surface area contributed by atoms with E-state index < -0.39 is 5.92 Å². The molecule has 0 N–H and O–H groups in total. The van der Waals surface area contributed by atoms with Gasteiger partial charge in [0.25, 0.3) is 0 Å². The van der Waals surface area contributed by atoms with Gasteiger partial charge in [0.05, 0.1) is 12.0 Å². The van der Waals surface area contributed by atoms with Gasteiger partial charge in [-0.25, -0.2) is 0 Å². The molecular formula is C15H16N2O2. The second kappa shape index (κ2) is 5.66. The molecule has 19 heavy (non-hydrogen) atoms. The zero-order valence-corrected chi connectivity index (χ0v) is 10.9. The smallest absolute Gasteiger partial charge is 0.229 e. The van der Waals surface area contributed by atoms with Gasteiger partial charge in [-0.1, -0.05) is 37.3 Å². The molecule has 2 amide bonds. The molecule has 98 valence electrons. The molecule has 0 aromatic heterocycles. The van der Waals surface area contributed by atoms with Crippen LogP contribution in [0.2, 0.25) is 0 Å². The summed E-state index contributed by atoms with van der Waals surface area (Å²) in [5.74, 6) is -0.684. The van der Waals surface area contributed by atoms with E-state index in [9.17, 15) is 14.9 Å². The number of hydrogen-bond donors (Lipinski definition) is 0. The molecule has 1 unspecified atom stereocenters. The van der Waals surface area contributed by atoms with Crippen LogP contribution in [-0.2, 0) is 9.59 Å². The van der Waals surface area contributed by atoms with Gasteiger partial charge in [0.1, 0.15) is 0 Å². The van der Waals surface area contributed by atoms with Gasteiger partial charge in [-0.2, -0.15) is 5.26 Å². The van der Waals surface area contributed by atoms with Gasteiger partial charge in [0.15, 0.2) is 0 Å². The van der Waals surface area contributed by atoms with Crippen molar-refractivity contribution in [2.24, 2.45) is 5.92 Å². The Labute approximate surface area is 112 Å². The number of likely N-dealkylation sites (tertiary alicyclic amines) is 1. The lowest BCUT2D eigenvalue weighted by atomic mass is 9.95. The van der Waals surface area contributed by atoms with E-state index in [1.54, 1.807) is 0 Å². The lowest BCUT2D eigenvalue weighted by Crippen LogP contribution is -2.44. The molecule has 0 spiro atoms. The van der Waals surface area contributed by atoms with E-state index in [0.717, 1.165) is 5.56 Å². The number of hydrogen-bond acceptors (Lipinski definition) is 3. The monoisotopic (exact) mass is 256 g/mol. The Hall–Kier alpha value is -2.15. The summed E-state index contributed by atoms with van der Waals surface area (Å²) in [6, 6.07) is 11.4. The van der Waals surface area contributed by atoms with E-state index in [-0.39, 0.29) is 24.3 Å². The molecule has 2 rings (SSSR count). The zero-order chi connectivity index (χ0) is 13.8. The minimum absolute atomic E-state index is 0.105. The topological polar surface area (TPSA) is 61.2 Å². The van der Waals surface area contributed by atoms with Crippen LogP contribution in [0.4, 0.5) is 0 Å². The highest BCUT2D eigenvalue weighted by atomic mass is 16.2. The van der Waals surface area contributed by atoms with Crippen molar-refractivity contribution >= 4 is 11.8 Å². The Morgan fingerprint density at radius 2 is 1.84 bits per heavy atom. The quantitative estimate of drug-likeness (QED) is 0.778. The Balaban J connectivity index is 2.13. The number of carbonyl (C=O) groups is 2. The maximum atomic E-state index is 11.9. The fraction of sp³-hybridized carbons (Fsp3) is 0.400. The van der Waals surface area contributed by atoms with Crippen LogP contribution >= 0.6 is 0 Å². The van der Waals surface area contributed by atoms with Crippen LogP contribution in [0.15, 0.2) is 30.3 Å². The van der Waals surface area contributed by atoms with E-state index in [0.29, 0.717) is 12.8 Å². The van der Waals surface area contributed by atoms with Crippen molar-refractivity contribution in [2.75, 3.05) is 6.54 Å². The first-order valence-electron chi connectivity index (χ1n) is 6.39. The summed E-state index contributed by atoms with van der Waals surface area (Å²) in [7, 11) is 0. The van der Waals surface area contributed by atoms with E-state index in [1.165, 1.54) is 4.90 Å². The first-order valence-corrected chi connectivity index (χ1v) is 6.39. The SMILES string of the molecule is CC1CC(=O)N(CC(C#N)c2ccccc2)C(=O)C1. The van der Waals surface area contributed by atoms with Crippen LogP contribution in [0, 0.1) is 17.2 Å². The molecule has 1 aliphatic rings. The van der Waals surface area contributed by atoms with Gasteiger partial charge in [0.2, 0.25) is 11.8 Å². The number of nitriles is 1. The first kappa shape index (κ1) is 13.3. The summed E-state index contributed by atoms with van der Waals surface area (Å²) in [5.41, 5.74) is 0.837. The molecule has 4 heteroatoms. The molecule has 1 aromatic carbocycles. The summed E-state index contributed by atoms with van der Waals surface area (Å²) in [6.07, 6.45) is 0.775. The highest BCUT2D eigenvalue weighted by Gasteiger charge is 2.32. The first-order chi connectivity index (χ1) is 9.11. The highest BCUT2D eigenvalue weighted by molar-refractivity contribution is 5.98. The molecule has 1 aliphatic heterocycles. The number of piperidine rings is 1. The highest BCUT2D eigenvalue weighted by Crippen LogP contribution is 2.23. The fourth-order valence-corrected chi connectivity index (χ4v) is 2.32. The number of rotatable bonds is 3. The molecule has 0 radical (unpaired) electrons. The van der Waals surface area contributed by atoms with Crippen molar-refractivity contribution in [3.63, 3.8) is 0 Å². The van der Waals surface area contributed by atoms with Crippen LogP contribution in [0.5, 0.6) is 0 Å². The molecule has 1 heterocycles. The van der Waals surface area contributed by atoms with Gasteiger partial charge in [-0.15, -0.1) is 0 Å². The van der Waals surface area contributed by atoms with Gasteiger partial charge >= 0.3 is 0 Å². The summed E-state index contributed by atoms with van der Waals surface area (Å²) in [6.45, 7) is 2.05. The van der Waals surface area contributed by atoms with E-state index in [4.69, 9.17) is 0 Å². The van der Waals surface area contributed by atoms with E-state index in [1.807, 2.05) is 37.3 Å². The third kappa shape index (κ3) is 3.00. The third-order valence-electron chi connectivity index (χ3n) is 3.37. The molecular weight excluding hydrogens is 240 g/mol. The van der Waals surface area contributed by atoms with Crippen molar-refractivity contribution < 1.29 is 9.59 Å². The van der Waals surface area contributed by atoms with Crippen LogP contribution in [0.1, 0.15) is 31.2 Å². The Morgan fingerprint density at radius 3 is 2.37 bits per heavy atom. The average molecular weight is 256 g/mol. The summed E-state index contributed by atoms with van der Waals surface area (Å²) >= 11 is 0. The second-order valence-corrected chi connectivity index (χ2v) is 5.00. The number of carbonyl (C=O) groups excluding carboxylic acids is 2. The molecule has 1 atom stereocenters. The van der Waals surface area contributed by atoms with Gasteiger partial charge in [0, 0.05) is 19.4 Å². The molecule has 0 aliphatic carbocycles. The van der Waals surface area contributed by atoms with Gasteiger partial charge < -0.3 is 0 Å². The van der Waals surface area contributed by atoms with Gasteiger partial charge in [-0.3, -0.25) is 14.5 Å². The maximum Gasteiger partial charge on any atom is 0.229 e. The maximum absolute atomic E-state index is 11.9. The Morgan fingerprint density at radius 1 is 1.26 bits per heavy atom. The fourth-order valence-electron chi connectivity index (χ4n) is 2.32. The summed E-state index contributed by atoms with van der Waals surface area (Å²) in [5, 5.41) is 9.24. The molecule has 1 aromatic rings. The van der Waals surface area contributed by atoms with Crippen molar-refractivity contribution in [2.45, 2.75) is 25.7 Å². The van der Waals surface area contributed by atoms with Crippen LogP contribution < -0.4 is 0 Å².